The maximum Gasteiger partial charge on any atom is 0.312 e. The van der Waals surface area contributed by atoms with Crippen molar-refractivity contribution < 1.29 is 33.9 Å². The Hall–Kier alpha value is -3.80. The largest absolute Gasteiger partial charge is 0.392 e. The van der Waals surface area contributed by atoms with Crippen molar-refractivity contribution in [3.63, 3.8) is 0 Å². The number of carbonyl (C=O) groups is 6. The Kier molecular flexibility index (Phi) is 13.4. The molecule has 0 bridgehead atoms. The van der Waals surface area contributed by atoms with E-state index in [9.17, 15) is 28.8 Å². The second-order valence-corrected chi connectivity index (χ2v) is 11.2. The quantitative estimate of drug-likeness (QED) is 0.121. The molecule has 12 heteroatoms. The van der Waals surface area contributed by atoms with E-state index in [4.69, 9.17) is 7.16 Å². The number of amides is 6. The van der Waals surface area contributed by atoms with Crippen molar-refractivity contribution >= 4 is 41.1 Å². The zero-order valence-electron chi connectivity index (χ0n) is 25.8. The molecule has 42 heavy (non-hydrogen) atoms. The highest BCUT2D eigenvalue weighted by Gasteiger charge is 2.35. The molecule has 1 fully saturated rings. The lowest BCUT2D eigenvalue weighted by molar-refractivity contribution is -0.139. The van der Waals surface area contributed by atoms with Crippen molar-refractivity contribution in [2.24, 2.45) is 23.5 Å². The van der Waals surface area contributed by atoms with Gasteiger partial charge in [-0.1, -0.05) is 39.3 Å². The second kappa shape index (κ2) is 17.2. The van der Waals surface area contributed by atoms with Gasteiger partial charge < -0.3 is 26.8 Å². The maximum atomic E-state index is 13.4. The molecule has 0 aromatic heterocycles. The van der Waals surface area contributed by atoms with E-state index in [0.717, 1.165) is 5.56 Å². The zero-order chi connectivity index (χ0) is 31.9. The van der Waals surface area contributed by atoms with Crippen LogP contribution in [0, 0.1) is 17.8 Å². The Balaban J connectivity index is 1.92. The first-order valence-electron chi connectivity index (χ1n) is 15.0. The fourth-order valence-corrected chi connectivity index (χ4v) is 4.86. The third kappa shape index (κ3) is 11.2. The monoisotopic (exact) mass is 588 g/mol. The van der Waals surface area contributed by atoms with Crippen molar-refractivity contribution in [3.8, 4) is 0 Å². The summed E-state index contributed by atoms with van der Waals surface area (Å²) in [5.41, 5.74) is 6.41. The molecule has 1 heterocycles. The average Bonchev–Trinajstić information content (AvgIpc) is 3.19. The number of urea groups is 1. The molecule has 1 unspecified atom stereocenters. The van der Waals surface area contributed by atoms with E-state index >= 15 is 0 Å². The number of anilines is 1. The number of nitrogens with zero attached hydrogens (tertiary/aromatic N) is 1. The standard InChI is InChI=1S/C30H45N5O7/c1-19(2)27(34-25(38)9-5-4-6-15-35-26(39)16-20(3)29(35)41)24(37)17-22(8-7-14-32-30(31)42)28(40)33-23-12-10-21(18-36)11-13-23/h10-13,19-20,22,27,36H,4-9,14-18H2,1-3H3,(H,33,40)(H,34,38)(H3,31,32,42)/t20?,22-,27+/m1/s1/i36D. The molecule has 6 N–H and O–H groups in total. The number of Topliss-reactive ketones (excluding diaryl/α,β-unsaturated/α-hetero) is 1. The van der Waals surface area contributed by atoms with Crippen LogP contribution < -0.4 is 21.7 Å². The van der Waals surface area contributed by atoms with Crippen LogP contribution in [-0.4, -0.2) is 66.0 Å². The number of imide groups is 1. The van der Waals surface area contributed by atoms with E-state index in [1.165, 1.54) is 4.90 Å². The Labute approximate surface area is 248 Å². The number of primary amides is 1. The predicted molar refractivity (Wildman–Crippen MR) is 157 cm³/mol. The third-order valence-corrected chi connectivity index (χ3v) is 7.32. The van der Waals surface area contributed by atoms with Crippen LogP contribution in [0.1, 0.15) is 77.7 Å². The molecule has 0 aliphatic carbocycles. The summed E-state index contributed by atoms with van der Waals surface area (Å²) < 4.78 is 6.86. The maximum absolute atomic E-state index is 13.4. The van der Waals surface area contributed by atoms with Crippen molar-refractivity contribution in [2.45, 2.75) is 84.8 Å². The molecule has 1 aromatic carbocycles. The Morgan fingerprint density at radius 1 is 1.10 bits per heavy atom. The number of hydrogen-bond acceptors (Lipinski definition) is 7. The summed E-state index contributed by atoms with van der Waals surface area (Å²) in [5.74, 6) is -2.42. The fourth-order valence-electron chi connectivity index (χ4n) is 4.86. The van der Waals surface area contributed by atoms with Gasteiger partial charge in [0.15, 0.2) is 5.78 Å². The summed E-state index contributed by atoms with van der Waals surface area (Å²) in [6.07, 6.45) is 2.86. The van der Waals surface area contributed by atoms with Gasteiger partial charge in [-0.05, 0) is 49.3 Å². The van der Waals surface area contributed by atoms with E-state index < -0.39 is 18.0 Å². The molecule has 0 spiro atoms. The topological polar surface area (TPSA) is 188 Å². The van der Waals surface area contributed by atoms with E-state index in [-0.39, 0.29) is 73.7 Å². The smallest absolute Gasteiger partial charge is 0.312 e. The van der Waals surface area contributed by atoms with Crippen molar-refractivity contribution in [3.05, 3.63) is 29.8 Å². The summed E-state index contributed by atoms with van der Waals surface area (Å²) in [6.45, 7) is 6.09. The number of nitrogens with two attached hydrogens (primary N) is 1. The number of aliphatic hydroxyl groups is 1. The SMILES string of the molecule is [2H]OCc1ccc(NC(=O)[C@H](CCCNC(N)=O)CC(=O)[C@@H](NC(=O)CCCCCN2C(=O)CC(C)C2=O)C(C)C)cc1. The van der Waals surface area contributed by atoms with Crippen LogP contribution in [0.3, 0.4) is 0 Å². The second-order valence-electron chi connectivity index (χ2n) is 11.2. The Morgan fingerprint density at radius 2 is 1.81 bits per heavy atom. The van der Waals surface area contributed by atoms with Gasteiger partial charge in [0.1, 0.15) is 0 Å². The number of ketones is 1. The normalized spacial score (nSPS) is 16.6. The summed E-state index contributed by atoms with van der Waals surface area (Å²) >= 11 is 0. The van der Waals surface area contributed by atoms with Gasteiger partial charge in [0, 0.05) is 49.9 Å². The molecule has 3 atom stereocenters. The molecule has 2 rings (SSSR count). The Bertz CT molecular complexity index is 1130. The first kappa shape index (κ1) is 32.7. The molecular formula is C30H45N5O7. The van der Waals surface area contributed by atoms with Crippen LogP contribution >= 0.6 is 0 Å². The van der Waals surface area contributed by atoms with Gasteiger partial charge in [0.2, 0.25) is 25.1 Å². The lowest BCUT2D eigenvalue weighted by Crippen LogP contribution is -2.45. The molecule has 6 amide bonds. The molecule has 1 aliphatic rings. The molecule has 0 saturated carbocycles. The van der Waals surface area contributed by atoms with Crippen LogP contribution in [0.2, 0.25) is 0 Å². The Morgan fingerprint density at radius 3 is 2.40 bits per heavy atom. The van der Waals surface area contributed by atoms with Crippen molar-refractivity contribution in [2.75, 3.05) is 18.4 Å². The third-order valence-electron chi connectivity index (χ3n) is 7.32. The highest BCUT2D eigenvalue weighted by Crippen LogP contribution is 2.21. The van der Waals surface area contributed by atoms with E-state index in [1.807, 2.05) is 13.8 Å². The van der Waals surface area contributed by atoms with Gasteiger partial charge in [0.25, 0.3) is 0 Å². The van der Waals surface area contributed by atoms with Gasteiger partial charge in [-0.3, -0.25) is 28.9 Å². The van der Waals surface area contributed by atoms with Crippen molar-refractivity contribution in [1.82, 2.24) is 15.5 Å². The minimum absolute atomic E-state index is 0.105. The van der Waals surface area contributed by atoms with Crippen LogP contribution in [0.4, 0.5) is 10.5 Å². The average molecular weight is 589 g/mol. The molecular weight excluding hydrogens is 542 g/mol. The molecule has 12 nitrogen and oxygen atoms in total. The number of likely N-dealkylation sites (tertiary alicyclic amines) is 1. The van der Waals surface area contributed by atoms with Crippen LogP contribution in [0.5, 0.6) is 0 Å². The molecule has 1 aliphatic heterocycles. The summed E-state index contributed by atoms with van der Waals surface area (Å²) in [5, 5.41) is 12.5. The number of nitrogens with one attached hydrogen (secondary N) is 3. The fraction of sp³-hybridized carbons (Fsp3) is 0.600. The lowest BCUT2D eigenvalue weighted by atomic mass is 9.89. The van der Waals surface area contributed by atoms with Gasteiger partial charge >= 0.3 is 6.03 Å². The number of benzene rings is 1. The molecule has 1 aromatic rings. The van der Waals surface area contributed by atoms with Gasteiger partial charge in [-0.15, -0.1) is 0 Å². The number of unbranched alkanes of at least 4 members (excludes halogenated alkanes) is 2. The van der Waals surface area contributed by atoms with Gasteiger partial charge in [-0.25, -0.2) is 4.79 Å². The molecule has 1 saturated heterocycles. The van der Waals surface area contributed by atoms with E-state index in [1.54, 1.807) is 31.2 Å². The predicted octanol–water partition coefficient (Wildman–Crippen LogP) is 2.24. The van der Waals surface area contributed by atoms with Crippen LogP contribution in [0.25, 0.3) is 0 Å². The number of carbonyl (C=O) groups excluding carboxylic acids is 6. The summed E-state index contributed by atoms with van der Waals surface area (Å²) in [7, 11) is 0. The summed E-state index contributed by atoms with van der Waals surface area (Å²) in [4.78, 5) is 75.5. The molecule has 0 radical (unpaired) electrons. The van der Waals surface area contributed by atoms with E-state index in [2.05, 4.69) is 21.1 Å². The highest BCUT2D eigenvalue weighted by atomic mass is 16.3. The lowest BCUT2D eigenvalue weighted by Gasteiger charge is -2.24. The van der Waals surface area contributed by atoms with Gasteiger partial charge in [-0.2, -0.15) is 0 Å². The number of rotatable bonds is 19. The number of hydrogen-bond donors (Lipinski definition) is 5. The first-order chi connectivity index (χ1) is 20.4. The highest BCUT2D eigenvalue weighted by molar-refractivity contribution is 6.03. The van der Waals surface area contributed by atoms with Crippen LogP contribution in [-0.2, 0) is 30.6 Å². The zero-order valence-corrected chi connectivity index (χ0v) is 24.8. The minimum atomic E-state index is -0.781. The van der Waals surface area contributed by atoms with Crippen molar-refractivity contribution in [1.29, 1.82) is 1.43 Å². The first-order valence-corrected chi connectivity index (χ1v) is 14.6. The van der Waals surface area contributed by atoms with Crippen LogP contribution in [0.15, 0.2) is 24.3 Å². The summed E-state index contributed by atoms with van der Waals surface area (Å²) in [6, 6.07) is 5.34. The number of aliphatic hydroxyl groups excluding tert-OH is 1. The van der Waals surface area contributed by atoms with Gasteiger partial charge in [0.05, 0.1) is 12.6 Å². The molecule has 232 valence electrons. The minimum Gasteiger partial charge on any atom is -0.392 e. The van der Waals surface area contributed by atoms with E-state index in [0.29, 0.717) is 44.3 Å².